The van der Waals surface area contributed by atoms with Crippen molar-refractivity contribution in [3.63, 3.8) is 0 Å². The van der Waals surface area contributed by atoms with Gasteiger partial charge in [-0.1, -0.05) is 61.0 Å². The first-order valence-electron chi connectivity index (χ1n) is 6.89. The highest BCUT2D eigenvalue weighted by atomic mass is 35.5. The van der Waals surface area contributed by atoms with E-state index in [4.69, 9.17) is 11.6 Å². The number of alkyl halides is 1. The van der Waals surface area contributed by atoms with E-state index < -0.39 is 0 Å². The quantitative estimate of drug-likeness (QED) is 0.649. The molecular formula is C18H21Cl. The Morgan fingerprint density at radius 1 is 1.00 bits per heavy atom. The van der Waals surface area contributed by atoms with E-state index >= 15 is 0 Å². The van der Waals surface area contributed by atoms with Crippen molar-refractivity contribution >= 4 is 11.6 Å². The van der Waals surface area contributed by atoms with Gasteiger partial charge in [0.15, 0.2) is 0 Å². The van der Waals surface area contributed by atoms with E-state index in [1.165, 1.54) is 22.3 Å². The van der Waals surface area contributed by atoms with Crippen LogP contribution in [0.1, 0.15) is 41.5 Å². The molecule has 19 heavy (non-hydrogen) atoms. The topological polar surface area (TPSA) is 0 Å². The third-order valence-electron chi connectivity index (χ3n) is 3.67. The predicted octanol–water partition coefficient (Wildman–Crippen LogP) is 5.45. The second kappa shape index (κ2) is 6.25. The van der Waals surface area contributed by atoms with Crippen LogP contribution >= 0.6 is 11.6 Å². The van der Waals surface area contributed by atoms with E-state index in [1.807, 2.05) is 0 Å². The maximum absolute atomic E-state index is 6.61. The molecule has 100 valence electrons. The van der Waals surface area contributed by atoms with Gasteiger partial charge in [-0.25, -0.2) is 0 Å². The molecule has 1 heteroatoms. The summed E-state index contributed by atoms with van der Waals surface area (Å²) < 4.78 is 0. The fraction of sp³-hybridized carbons (Fsp3) is 0.333. The van der Waals surface area contributed by atoms with E-state index in [-0.39, 0.29) is 11.3 Å². The summed E-state index contributed by atoms with van der Waals surface area (Å²) in [4.78, 5) is 0. The second-order valence-electron chi connectivity index (χ2n) is 5.17. The van der Waals surface area contributed by atoms with Crippen LogP contribution in [0.25, 0.3) is 0 Å². The molecule has 2 aromatic rings. The molecule has 0 spiro atoms. The van der Waals surface area contributed by atoms with Crippen LogP contribution in [0.15, 0.2) is 48.5 Å². The molecule has 0 saturated heterocycles. The van der Waals surface area contributed by atoms with E-state index in [1.54, 1.807) is 0 Å². The summed E-state index contributed by atoms with van der Waals surface area (Å²) in [6.07, 6.45) is 0.967. The van der Waals surface area contributed by atoms with Crippen LogP contribution in [-0.2, 0) is 0 Å². The van der Waals surface area contributed by atoms with Gasteiger partial charge >= 0.3 is 0 Å². The van der Waals surface area contributed by atoms with Crippen LogP contribution in [0.2, 0.25) is 0 Å². The van der Waals surface area contributed by atoms with Crippen LogP contribution in [0.5, 0.6) is 0 Å². The minimum absolute atomic E-state index is 0.129. The zero-order chi connectivity index (χ0) is 13.8. The van der Waals surface area contributed by atoms with Gasteiger partial charge in [0.1, 0.15) is 0 Å². The number of aryl methyl sites for hydroxylation is 2. The summed E-state index contributed by atoms with van der Waals surface area (Å²) in [5.41, 5.74) is 5.28. The fourth-order valence-electron chi connectivity index (χ4n) is 2.65. The van der Waals surface area contributed by atoms with Gasteiger partial charge in [-0.2, -0.15) is 0 Å². The first kappa shape index (κ1) is 14.1. The van der Waals surface area contributed by atoms with Crippen molar-refractivity contribution in [1.29, 1.82) is 0 Å². The highest BCUT2D eigenvalue weighted by Crippen LogP contribution is 2.34. The van der Waals surface area contributed by atoms with Crippen molar-refractivity contribution in [1.82, 2.24) is 0 Å². The standard InChI is InChI=1S/C18H21Cl/c1-4-17(19)18(15-8-6-5-7-9-15)16-11-10-13(2)12-14(16)3/h5-12,17-18H,4H2,1-3H3. The fourth-order valence-corrected chi connectivity index (χ4v) is 2.94. The van der Waals surface area contributed by atoms with Crippen LogP contribution in [-0.4, -0.2) is 5.38 Å². The highest BCUT2D eigenvalue weighted by molar-refractivity contribution is 6.21. The average molecular weight is 273 g/mol. The smallest absolute Gasteiger partial charge is 0.0442 e. The molecule has 0 bridgehead atoms. The van der Waals surface area contributed by atoms with Crippen molar-refractivity contribution < 1.29 is 0 Å². The molecule has 2 rings (SSSR count). The largest absolute Gasteiger partial charge is 0.122 e. The Morgan fingerprint density at radius 3 is 2.26 bits per heavy atom. The lowest BCUT2D eigenvalue weighted by Gasteiger charge is -2.24. The Bertz CT molecular complexity index is 531. The number of halogens is 1. The monoisotopic (exact) mass is 272 g/mol. The van der Waals surface area contributed by atoms with Gasteiger partial charge in [-0.15, -0.1) is 11.6 Å². The Hall–Kier alpha value is -1.27. The van der Waals surface area contributed by atoms with Crippen LogP contribution in [0.4, 0.5) is 0 Å². The Labute approximate surface area is 121 Å². The molecule has 2 unspecified atom stereocenters. The first-order chi connectivity index (χ1) is 9.13. The lowest BCUT2D eigenvalue weighted by atomic mass is 9.84. The summed E-state index contributed by atoms with van der Waals surface area (Å²) in [6, 6.07) is 17.2. The molecule has 0 nitrogen and oxygen atoms in total. The van der Waals surface area contributed by atoms with Crippen molar-refractivity contribution in [2.75, 3.05) is 0 Å². The molecule has 0 N–H and O–H groups in total. The molecule has 0 amide bonds. The zero-order valence-electron chi connectivity index (χ0n) is 11.9. The molecule has 0 aromatic heterocycles. The van der Waals surface area contributed by atoms with Gasteiger partial charge in [-0.3, -0.25) is 0 Å². The van der Waals surface area contributed by atoms with Gasteiger partial charge in [0, 0.05) is 11.3 Å². The van der Waals surface area contributed by atoms with Gasteiger partial charge in [-0.05, 0) is 37.0 Å². The Morgan fingerprint density at radius 2 is 1.68 bits per heavy atom. The molecule has 0 saturated carbocycles. The van der Waals surface area contributed by atoms with Gasteiger partial charge in [0.25, 0.3) is 0 Å². The highest BCUT2D eigenvalue weighted by Gasteiger charge is 2.23. The van der Waals surface area contributed by atoms with Crippen molar-refractivity contribution in [3.8, 4) is 0 Å². The summed E-state index contributed by atoms with van der Waals surface area (Å²) in [7, 11) is 0. The normalized spacial score (nSPS) is 14.1. The summed E-state index contributed by atoms with van der Waals surface area (Å²) in [5, 5.41) is 0.129. The predicted molar refractivity (Wildman–Crippen MR) is 84.1 cm³/mol. The Kier molecular flexibility index (Phi) is 4.66. The minimum Gasteiger partial charge on any atom is -0.122 e. The molecule has 2 aromatic carbocycles. The lowest BCUT2D eigenvalue weighted by molar-refractivity contribution is 0.704. The Balaban J connectivity index is 2.49. The second-order valence-corrected chi connectivity index (χ2v) is 5.73. The molecule has 0 aliphatic rings. The van der Waals surface area contributed by atoms with E-state index in [2.05, 4.69) is 69.3 Å². The van der Waals surface area contributed by atoms with Gasteiger partial charge in [0.2, 0.25) is 0 Å². The van der Waals surface area contributed by atoms with Crippen molar-refractivity contribution in [2.24, 2.45) is 0 Å². The third-order valence-corrected chi connectivity index (χ3v) is 4.23. The van der Waals surface area contributed by atoms with E-state index in [9.17, 15) is 0 Å². The number of rotatable bonds is 4. The number of hydrogen-bond donors (Lipinski definition) is 0. The molecular weight excluding hydrogens is 252 g/mol. The molecule has 0 aliphatic carbocycles. The van der Waals surface area contributed by atoms with Gasteiger partial charge in [0.05, 0.1) is 0 Å². The van der Waals surface area contributed by atoms with Crippen molar-refractivity contribution in [3.05, 3.63) is 70.8 Å². The van der Waals surface area contributed by atoms with Crippen molar-refractivity contribution in [2.45, 2.75) is 38.5 Å². The summed E-state index contributed by atoms with van der Waals surface area (Å²) in [6.45, 7) is 6.46. The molecule has 0 aliphatic heterocycles. The molecule has 0 fully saturated rings. The zero-order valence-corrected chi connectivity index (χ0v) is 12.6. The number of benzene rings is 2. The van der Waals surface area contributed by atoms with Gasteiger partial charge < -0.3 is 0 Å². The maximum Gasteiger partial charge on any atom is 0.0442 e. The molecule has 2 atom stereocenters. The number of hydrogen-bond acceptors (Lipinski definition) is 0. The molecule has 0 radical (unpaired) electrons. The van der Waals surface area contributed by atoms with Crippen LogP contribution < -0.4 is 0 Å². The summed E-state index contributed by atoms with van der Waals surface area (Å²) >= 11 is 6.61. The first-order valence-corrected chi connectivity index (χ1v) is 7.33. The van der Waals surface area contributed by atoms with Crippen LogP contribution in [0, 0.1) is 13.8 Å². The summed E-state index contributed by atoms with van der Waals surface area (Å²) in [5.74, 6) is 0.272. The van der Waals surface area contributed by atoms with E-state index in [0.29, 0.717) is 0 Å². The van der Waals surface area contributed by atoms with E-state index in [0.717, 1.165) is 6.42 Å². The lowest BCUT2D eigenvalue weighted by Crippen LogP contribution is -2.15. The average Bonchev–Trinajstić information content (AvgIpc) is 2.42. The minimum atomic E-state index is 0.129. The SMILES string of the molecule is CCC(Cl)C(c1ccccc1)c1ccc(C)cc1C. The van der Waals surface area contributed by atoms with Crippen LogP contribution in [0.3, 0.4) is 0 Å². The maximum atomic E-state index is 6.61. The molecule has 0 heterocycles. The third kappa shape index (κ3) is 3.19.